The van der Waals surface area contributed by atoms with Crippen molar-refractivity contribution in [3.05, 3.63) is 94.5 Å². The summed E-state index contributed by atoms with van der Waals surface area (Å²) in [5.41, 5.74) is 1.22. The number of phenols is 1. The molecule has 1 amide bonds. The molecule has 0 aliphatic carbocycles. The highest BCUT2D eigenvalue weighted by Gasteiger charge is 2.47. The Morgan fingerprint density at radius 3 is 2.42 bits per heavy atom. The number of carbonyl (C=O) groups excluding carboxylic acids is 2. The highest BCUT2D eigenvalue weighted by molar-refractivity contribution is 6.51. The van der Waals surface area contributed by atoms with Gasteiger partial charge in [0.15, 0.2) is 11.5 Å². The first-order valence-corrected chi connectivity index (χ1v) is 9.79. The van der Waals surface area contributed by atoms with Crippen molar-refractivity contribution in [2.45, 2.75) is 6.04 Å². The van der Waals surface area contributed by atoms with Crippen LogP contribution in [0, 0.1) is 0 Å². The molecule has 0 bridgehead atoms. The lowest BCUT2D eigenvalue weighted by atomic mass is 9.95. The van der Waals surface area contributed by atoms with E-state index in [9.17, 15) is 19.8 Å². The number of methoxy groups -OCH3 is 1. The van der Waals surface area contributed by atoms with Gasteiger partial charge in [0.2, 0.25) is 0 Å². The van der Waals surface area contributed by atoms with Crippen LogP contribution in [-0.4, -0.2) is 29.0 Å². The summed E-state index contributed by atoms with van der Waals surface area (Å²) in [6.07, 6.45) is 0. The Balaban J connectivity index is 1.98. The molecule has 2 N–H and O–H groups in total. The third-order valence-electron chi connectivity index (χ3n) is 5.10. The number of aliphatic hydroxyl groups excluding tert-OH is 1. The third kappa shape index (κ3) is 3.62. The lowest BCUT2D eigenvalue weighted by Gasteiger charge is -2.26. The van der Waals surface area contributed by atoms with Gasteiger partial charge in [0, 0.05) is 16.3 Å². The monoisotopic (exact) mass is 435 g/mol. The second-order valence-corrected chi connectivity index (χ2v) is 7.38. The van der Waals surface area contributed by atoms with Crippen LogP contribution in [0.15, 0.2) is 78.4 Å². The Morgan fingerprint density at radius 1 is 1.00 bits per heavy atom. The zero-order valence-corrected chi connectivity index (χ0v) is 17.2. The normalized spacial score (nSPS) is 17.7. The number of amides is 1. The second kappa shape index (κ2) is 8.16. The van der Waals surface area contributed by atoms with Gasteiger partial charge < -0.3 is 14.9 Å². The molecule has 3 aromatic carbocycles. The van der Waals surface area contributed by atoms with E-state index in [0.717, 1.165) is 0 Å². The first-order valence-electron chi connectivity index (χ1n) is 9.41. The average molecular weight is 436 g/mol. The quantitative estimate of drug-likeness (QED) is 0.353. The molecule has 3 aromatic rings. The molecule has 1 heterocycles. The molecule has 6 nitrogen and oxygen atoms in total. The van der Waals surface area contributed by atoms with Crippen LogP contribution in [-0.2, 0) is 9.59 Å². The van der Waals surface area contributed by atoms with Crippen LogP contribution in [0.25, 0.3) is 5.76 Å². The van der Waals surface area contributed by atoms with Crippen molar-refractivity contribution >= 4 is 34.7 Å². The van der Waals surface area contributed by atoms with E-state index < -0.39 is 17.7 Å². The van der Waals surface area contributed by atoms with E-state index in [1.807, 2.05) is 0 Å². The van der Waals surface area contributed by atoms with Crippen molar-refractivity contribution in [1.29, 1.82) is 0 Å². The fraction of sp³-hybridized carbons (Fsp3) is 0.0833. The van der Waals surface area contributed by atoms with Gasteiger partial charge in [0.1, 0.15) is 5.76 Å². The van der Waals surface area contributed by atoms with E-state index >= 15 is 0 Å². The number of anilines is 1. The van der Waals surface area contributed by atoms with Crippen molar-refractivity contribution in [3.8, 4) is 11.5 Å². The van der Waals surface area contributed by atoms with E-state index in [0.29, 0.717) is 21.8 Å². The summed E-state index contributed by atoms with van der Waals surface area (Å²) < 4.78 is 5.20. The molecule has 1 aliphatic heterocycles. The van der Waals surface area contributed by atoms with Crippen LogP contribution < -0.4 is 9.64 Å². The Kier molecular flexibility index (Phi) is 5.40. The van der Waals surface area contributed by atoms with Crippen LogP contribution in [0.2, 0.25) is 5.02 Å². The number of carbonyl (C=O) groups is 2. The molecule has 0 unspecified atom stereocenters. The van der Waals surface area contributed by atoms with E-state index in [1.54, 1.807) is 60.7 Å². The number of aromatic hydroxyl groups is 1. The number of phenolic OH excluding ortho intramolecular Hbond substituents is 1. The van der Waals surface area contributed by atoms with Crippen molar-refractivity contribution < 1.29 is 24.5 Å². The minimum atomic E-state index is -0.951. The highest BCUT2D eigenvalue weighted by atomic mass is 35.5. The minimum Gasteiger partial charge on any atom is -0.507 e. The summed E-state index contributed by atoms with van der Waals surface area (Å²) >= 11 is 6.13. The number of hydrogen-bond acceptors (Lipinski definition) is 5. The summed E-state index contributed by atoms with van der Waals surface area (Å²) in [7, 11) is 1.40. The number of ether oxygens (including phenoxy) is 1. The largest absolute Gasteiger partial charge is 0.507 e. The topological polar surface area (TPSA) is 87.1 Å². The zero-order chi connectivity index (χ0) is 22.1. The number of ketones is 1. The number of nitrogens with zero attached hydrogens (tertiary/aromatic N) is 1. The van der Waals surface area contributed by atoms with E-state index in [4.69, 9.17) is 16.3 Å². The summed E-state index contributed by atoms with van der Waals surface area (Å²) in [6, 6.07) is 18.6. The maximum Gasteiger partial charge on any atom is 0.300 e. The molecule has 1 fully saturated rings. The highest BCUT2D eigenvalue weighted by Crippen LogP contribution is 2.44. The molecule has 1 aliphatic rings. The number of aliphatic hydroxyl groups is 1. The van der Waals surface area contributed by atoms with Gasteiger partial charge in [-0.05, 0) is 35.9 Å². The summed E-state index contributed by atoms with van der Waals surface area (Å²) in [6.45, 7) is 0. The molecule has 0 spiro atoms. The number of Topliss-reactive ketones (excluding diaryl/α,β-unsaturated/α-hetero) is 1. The Labute approximate surface area is 183 Å². The molecule has 0 saturated carbocycles. The summed E-state index contributed by atoms with van der Waals surface area (Å²) in [4.78, 5) is 27.4. The zero-order valence-electron chi connectivity index (χ0n) is 16.4. The first kappa shape index (κ1) is 20.5. The molecular weight excluding hydrogens is 418 g/mol. The number of hydrogen-bond donors (Lipinski definition) is 2. The molecule has 1 atom stereocenters. The summed E-state index contributed by atoms with van der Waals surface area (Å²) in [5.74, 6) is -1.82. The van der Waals surface area contributed by atoms with Gasteiger partial charge in [0.05, 0.1) is 18.7 Å². The van der Waals surface area contributed by atoms with Crippen LogP contribution in [0.5, 0.6) is 11.5 Å². The van der Waals surface area contributed by atoms with Gasteiger partial charge in [-0.25, -0.2) is 0 Å². The molecule has 7 heteroatoms. The van der Waals surface area contributed by atoms with Crippen LogP contribution in [0.4, 0.5) is 5.69 Å². The minimum absolute atomic E-state index is 0.0658. The van der Waals surface area contributed by atoms with Crippen LogP contribution in [0.3, 0.4) is 0 Å². The Bertz CT molecular complexity index is 1210. The maximum absolute atomic E-state index is 13.1. The Morgan fingerprint density at radius 2 is 1.74 bits per heavy atom. The first-order chi connectivity index (χ1) is 14.9. The lowest BCUT2D eigenvalue weighted by molar-refractivity contribution is -0.132. The van der Waals surface area contributed by atoms with Gasteiger partial charge in [-0.2, -0.15) is 0 Å². The number of rotatable bonds is 4. The van der Waals surface area contributed by atoms with Gasteiger partial charge in [-0.15, -0.1) is 0 Å². The molecule has 4 rings (SSSR count). The van der Waals surface area contributed by atoms with Crippen molar-refractivity contribution in [3.63, 3.8) is 0 Å². The second-order valence-electron chi connectivity index (χ2n) is 6.95. The fourth-order valence-electron chi connectivity index (χ4n) is 3.66. The maximum atomic E-state index is 13.1. The standard InChI is InChI=1S/C24H18ClNO5/c1-31-19-12-15(10-11-18(19)27)21-20(22(28)14-6-3-2-4-7-14)23(29)24(30)26(21)17-9-5-8-16(25)13-17/h2-13,21,27-28H,1H3/t21-/m1/s1. The van der Waals surface area contributed by atoms with Crippen LogP contribution in [0.1, 0.15) is 17.2 Å². The molecule has 31 heavy (non-hydrogen) atoms. The summed E-state index contributed by atoms with van der Waals surface area (Å²) in [5, 5.41) is 21.4. The smallest absolute Gasteiger partial charge is 0.300 e. The number of benzene rings is 3. The molecule has 0 aromatic heterocycles. The number of halogens is 1. The average Bonchev–Trinajstić information content (AvgIpc) is 3.05. The predicted octanol–water partition coefficient (Wildman–Crippen LogP) is 4.68. The third-order valence-corrected chi connectivity index (χ3v) is 5.33. The van der Waals surface area contributed by atoms with Gasteiger partial charge >= 0.3 is 0 Å². The van der Waals surface area contributed by atoms with E-state index in [-0.39, 0.29) is 22.8 Å². The van der Waals surface area contributed by atoms with Crippen molar-refractivity contribution in [2.24, 2.45) is 0 Å². The molecule has 0 radical (unpaired) electrons. The van der Waals surface area contributed by atoms with Gasteiger partial charge in [-0.1, -0.05) is 54.1 Å². The van der Waals surface area contributed by atoms with E-state index in [2.05, 4.69) is 0 Å². The fourth-order valence-corrected chi connectivity index (χ4v) is 3.84. The molecule has 1 saturated heterocycles. The van der Waals surface area contributed by atoms with Gasteiger partial charge in [-0.3, -0.25) is 14.5 Å². The van der Waals surface area contributed by atoms with Crippen molar-refractivity contribution in [1.82, 2.24) is 0 Å². The molecule has 156 valence electrons. The lowest BCUT2D eigenvalue weighted by Crippen LogP contribution is -2.29. The Hall–Kier alpha value is -3.77. The molecular formula is C24H18ClNO5. The SMILES string of the molecule is COc1cc([C@@H]2C(=C(O)c3ccccc3)C(=O)C(=O)N2c2cccc(Cl)c2)ccc1O. The van der Waals surface area contributed by atoms with E-state index in [1.165, 1.54) is 24.1 Å². The predicted molar refractivity (Wildman–Crippen MR) is 117 cm³/mol. The van der Waals surface area contributed by atoms with Gasteiger partial charge in [0.25, 0.3) is 11.7 Å². The van der Waals surface area contributed by atoms with Crippen LogP contribution >= 0.6 is 11.6 Å². The van der Waals surface area contributed by atoms with Crippen molar-refractivity contribution in [2.75, 3.05) is 12.0 Å².